The SMILES string of the molecule is Cc1cccc(-c2ccc(C=C[C@@H]3[C@@H]4[C@@H](C)OC(=O)[C@]4(N=[N+]=[N-])CC(F)(F)[C@H]3C)nc2)c1C#N. The number of fused-ring (bicyclic) bond motifs is 1. The highest BCUT2D eigenvalue weighted by Crippen LogP contribution is 2.56. The molecular formula is C25H23F2N5O2. The van der Waals surface area contributed by atoms with Crippen LogP contribution in [0.3, 0.4) is 0 Å². The van der Waals surface area contributed by atoms with Gasteiger partial charge >= 0.3 is 5.97 Å². The number of ether oxygens (including phenoxy) is 1. The van der Waals surface area contributed by atoms with Gasteiger partial charge in [0.15, 0.2) is 5.54 Å². The summed E-state index contributed by atoms with van der Waals surface area (Å²) in [5, 5.41) is 13.0. The molecule has 1 saturated heterocycles. The van der Waals surface area contributed by atoms with Crippen molar-refractivity contribution in [2.45, 2.75) is 44.8 Å². The Morgan fingerprint density at radius 1 is 1.32 bits per heavy atom. The molecular weight excluding hydrogens is 440 g/mol. The van der Waals surface area contributed by atoms with Crippen molar-refractivity contribution in [2.75, 3.05) is 0 Å². The molecule has 4 rings (SSSR count). The maximum Gasteiger partial charge on any atom is 0.319 e. The van der Waals surface area contributed by atoms with Crippen molar-refractivity contribution >= 4 is 12.0 Å². The van der Waals surface area contributed by atoms with Crippen LogP contribution in [0.15, 0.2) is 47.7 Å². The predicted octanol–water partition coefficient (Wildman–Crippen LogP) is 5.84. The van der Waals surface area contributed by atoms with Crippen LogP contribution < -0.4 is 0 Å². The third-order valence-electron chi connectivity index (χ3n) is 7.06. The van der Waals surface area contributed by atoms with Crippen molar-refractivity contribution in [1.82, 2.24) is 4.98 Å². The molecule has 7 nitrogen and oxygen atoms in total. The zero-order valence-electron chi connectivity index (χ0n) is 18.9. The van der Waals surface area contributed by atoms with Gasteiger partial charge in [-0.25, -0.2) is 8.78 Å². The van der Waals surface area contributed by atoms with E-state index in [9.17, 15) is 18.8 Å². The molecule has 0 amide bonds. The lowest BCUT2D eigenvalue weighted by atomic mass is 9.61. The van der Waals surface area contributed by atoms with Gasteiger partial charge in [-0.2, -0.15) is 5.26 Å². The van der Waals surface area contributed by atoms with Crippen LogP contribution >= 0.6 is 0 Å². The minimum atomic E-state index is -3.22. The van der Waals surface area contributed by atoms with Crippen LogP contribution in [0.2, 0.25) is 0 Å². The van der Waals surface area contributed by atoms with Gasteiger partial charge in [0.05, 0.1) is 11.3 Å². The summed E-state index contributed by atoms with van der Waals surface area (Å²) in [4.78, 5) is 19.6. The topological polar surface area (TPSA) is 112 Å². The lowest BCUT2D eigenvalue weighted by Gasteiger charge is -2.45. The number of esters is 1. The van der Waals surface area contributed by atoms with Crippen molar-refractivity contribution in [3.63, 3.8) is 0 Å². The maximum absolute atomic E-state index is 15.0. The van der Waals surface area contributed by atoms with E-state index in [4.69, 9.17) is 10.3 Å². The zero-order chi connectivity index (χ0) is 24.7. The molecule has 9 heteroatoms. The van der Waals surface area contributed by atoms with E-state index in [0.717, 1.165) is 16.7 Å². The van der Waals surface area contributed by atoms with Gasteiger partial charge in [-0.05, 0) is 43.0 Å². The number of rotatable bonds is 4. The van der Waals surface area contributed by atoms with Gasteiger partial charge in [0.25, 0.3) is 5.92 Å². The second kappa shape index (κ2) is 8.54. The molecule has 0 N–H and O–H groups in total. The summed E-state index contributed by atoms with van der Waals surface area (Å²) >= 11 is 0. The van der Waals surface area contributed by atoms with Gasteiger partial charge in [-0.15, -0.1) is 0 Å². The van der Waals surface area contributed by atoms with E-state index in [1.807, 2.05) is 31.2 Å². The Morgan fingerprint density at radius 3 is 2.74 bits per heavy atom. The lowest BCUT2D eigenvalue weighted by molar-refractivity contribution is -0.155. The normalized spacial score (nSPS) is 29.7. The number of nitriles is 1. The van der Waals surface area contributed by atoms with Gasteiger partial charge in [0.2, 0.25) is 0 Å². The number of pyridine rings is 1. The number of hydrogen-bond donors (Lipinski definition) is 0. The standard InChI is InChI=1S/C25H23F2N5O2/c1-14-5-4-6-20(21(14)11-28)17-7-8-18(30-12-17)9-10-19-15(2)25(26,27)13-24(31-32-29)22(19)16(3)34-23(24)33/h4-10,12,15-16,19,22H,13H2,1-3H3/t15-,16+,19-,22-,24-/m0/s1. The van der Waals surface area contributed by atoms with Crippen LogP contribution in [-0.2, 0) is 9.53 Å². The fraction of sp³-hybridized carbons (Fsp3) is 0.400. The predicted molar refractivity (Wildman–Crippen MR) is 121 cm³/mol. The quantitative estimate of drug-likeness (QED) is 0.245. The molecule has 1 aliphatic heterocycles. The first-order chi connectivity index (χ1) is 16.1. The average molecular weight is 463 g/mol. The lowest BCUT2D eigenvalue weighted by Crippen LogP contribution is -2.56. The molecule has 0 spiro atoms. The molecule has 174 valence electrons. The van der Waals surface area contributed by atoms with Gasteiger partial charge < -0.3 is 4.74 Å². The summed E-state index contributed by atoms with van der Waals surface area (Å²) in [5.74, 6) is -6.72. The maximum atomic E-state index is 15.0. The van der Waals surface area contributed by atoms with Gasteiger partial charge in [-0.3, -0.25) is 9.78 Å². The van der Waals surface area contributed by atoms with E-state index < -0.39 is 47.7 Å². The van der Waals surface area contributed by atoms with Crippen LogP contribution in [-0.4, -0.2) is 28.5 Å². The number of nitrogens with zero attached hydrogens (tertiary/aromatic N) is 5. The summed E-state index contributed by atoms with van der Waals surface area (Å²) in [6, 6.07) is 11.3. The van der Waals surface area contributed by atoms with Crippen molar-refractivity contribution in [2.24, 2.45) is 22.9 Å². The monoisotopic (exact) mass is 463 g/mol. The molecule has 0 radical (unpaired) electrons. The molecule has 5 atom stereocenters. The molecule has 0 unspecified atom stereocenters. The Morgan fingerprint density at radius 2 is 2.09 bits per heavy atom. The highest BCUT2D eigenvalue weighted by molar-refractivity contribution is 5.84. The molecule has 0 bridgehead atoms. The number of halogens is 2. The second-order valence-corrected chi connectivity index (χ2v) is 8.99. The first kappa shape index (κ1) is 23.4. The smallest absolute Gasteiger partial charge is 0.319 e. The van der Waals surface area contributed by atoms with E-state index in [-0.39, 0.29) is 0 Å². The first-order valence-electron chi connectivity index (χ1n) is 10.9. The summed E-state index contributed by atoms with van der Waals surface area (Å²) in [5.41, 5.74) is 10.6. The highest BCUT2D eigenvalue weighted by Gasteiger charge is 2.68. The largest absolute Gasteiger partial charge is 0.462 e. The average Bonchev–Trinajstić information content (AvgIpc) is 3.03. The van der Waals surface area contributed by atoms with E-state index >= 15 is 0 Å². The number of azide groups is 1. The second-order valence-electron chi connectivity index (χ2n) is 8.99. The minimum absolute atomic E-state index is 0.531. The summed E-state index contributed by atoms with van der Waals surface area (Å²) in [6.45, 7) is 4.93. The third-order valence-corrected chi connectivity index (χ3v) is 7.06. The van der Waals surface area contributed by atoms with E-state index in [1.54, 1.807) is 31.3 Å². The number of carbonyl (C=O) groups is 1. The van der Waals surface area contributed by atoms with Crippen molar-refractivity contribution in [1.29, 1.82) is 5.26 Å². The summed E-state index contributed by atoms with van der Waals surface area (Å²) in [7, 11) is 0. The molecule has 1 aromatic heterocycles. The number of benzene rings is 1. The van der Waals surface area contributed by atoms with Crippen LogP contribution in [0.4, 0.5) is 8.78 Å². The molecule has 2 heterocycles. The first-order valence-corrected chi connectivity index (χ1v) is 10.9. The number of aryl methyl sites for hydroxylation is 1. The zero-order valence-corrected chi connectivity index (χ0v) is 18.9. The number of aromatic nitrogens is 1. The van der Waals surface area contributed by atoms with Crippen LogP contribution in [0.1, 0.15) is 37.1 Å². The van der Waals surface area contributed by atoms with Crippen LogP contribution in [0.5, 0.6) is 0 Å². The van der Waals surface area contributed by atoms with E-state index in [0.29, 0.717) is 11.3 Å². The summed E-state index contributed by atoms with van der Waals surface area (Å²) in [6.07, 6.45) is 3.33. The number of cyclic esters (lactones) is 1. The van der Waals surface area contributed by atoms with Gasteiger partial charge in [0.1, 0.15) is 12.2 Å². The van der Waals surface area contributed by atoms with Gasteiger partial charge in [-0.1, -0.05) is 42.4 Å². The molecule has 2 aliphatic rings. The summed E-state index contributed by atoms with van der Waals surface area (Å²) < 4.78 is 35.2. The van der Waals surface area contributed by atoms with Crippen molar-refractivity contribution < 1.29 is 18.3 Å². The van der Waals surface area contributed by atoms with Crippen molar-refractivity contribution in [3.8, 4) is 17.2 Å². The number of carbonyl (C=O) groups excluding carboxylic acids is 1. The number of alkyl halides is 2. The Kier molecular flexibility index (Phi) is 5.88. The Labute approximate surface area is 195 Å². The van der Waals surface area contributed by atoms with Crippen LogP contribution in [0.25, 0.3) is 27.6 Å². The number of allylic oxidation sites excluding steroid dienone is 1. The molecule has 34 heavy (non-hydrogen) atoms. The molecule has 2 fully saturated rings. The Balaban J connectivity index is 1.67. The molecule has 1 aliphatic carbocycles. The third kappa shape index (κ3) is 3.70. The molecule has 1 saturated carbocycles. The number of hydrogen-bond acceptors (Lipinski definition) is 5. The Bertz CT molecular complexity index is 1250. The fourth-order valence-electron chi connectivity index (χ4n) is 5.24. The highest BCUT2D eigenvalue weighted by atomic mass is 19.3. The minimum Gasteiger partial charge on any atom is -0.462 e. The Hall–Kier alpha value is -3.76. The fourth-order valence-corrected chi connectivity index (χ4v) is 5.24. The van der Waals surface area contributed by atoms with E-state index in [1.165, 1.54) is 6.92 Å². The van der Waals surface area contributed by atoms with Crippen molar-refractivity contribution in [3.05, 3.63) is 69.9 Å². The molecule has 2 aromatic rings. The van der Waals surface area contributed by atoms with E-state index in [2.05, 4.69) is 21.1 Å². The van der Waals surface area contributed by atoms with Crippen LogP contribution in [0, 0.1) is 36.0 Å². The molecule has 1 aromatic carbocycles. The van der Waals surface area contributed by atoms with Gasteiger partial charge in [0, 0.05) is 40.5 Å².